The molecule has 4 heteroatoms. The Morgan fingerprint density at radius 3 is 1.64 bits per heavy atom. The first-order valence-electron chi connectivity index (χ1n) is 7.78. The molecule has 0 fully saturated rings. The highest BCUT2D eigenvalue weighted by molar-refractivity contribution is 4.67. The van der Waals surface area contributed by atoms with Gasteiger partial charge in [0.05, 0.1) is 18.6 Å². The second-order valence-corrected chi connectivity index (χ2v) is 2.74. The van der Waals surface area contributed by atoms with Crippen LogP contribution in [0, 0.1) is 0 Å². The molecule has 0 saturated carbocycles. The Balaban J connectivity index is 4.46. The third kappa shape index (κ3) is 6.32. The van der Waals surface area contributed by atoms with Crippen LogP contribution < -0.4 is 10.6 Å². The summed E-state index contributed by atoms with van der Waals surface area (Å²) < 4.78 is 44.4. The predicted molar refractivity (Wildman–Crippen MR) is 58.3 cm³/mol. The molecule has 4 N–H and O–H groups in total. The van der Waals surface area contributed by atoms with E-state index in [1.807, 2.05) is 0 Å². The van der Waals surface area contributed by atoms with Crippen LogP contribution in [0.25, 0.3) is 0 Å². The smallest absolute Gasteiger partial charge is 0.0584 e. The maximum absolute atomic E-state index is 9.30. The third-order valence-corrected chi connectivity index (χ3v) is 1.78. The first kappa shape index (κ1) is 6.43. The van der Waals surface area contributed by atoms with Gasteiger partial charge in [0.1, 0.15) is 0 Å². The molecule has 86 valence electrons. The van der Waals surface area contributed by atoms with E-state index in [1.165, 1.54) is 0 Å². The Bertz CT molecular complexity index is 279. The zero-order valence-electron chi connectivity index (χ0n) is 14.7. The van der Waals surface area contributed by atoms with E-state index in [4.69, 9.17) is 8.22 Å². The molecule has 0 heterocycles. The zero-order valence-corrected chi connectivity index (χ0v) is 8.72. The summed E-state index contributed by atoms with van der Waals surface area (Å²) in [6, 6.07) is -3.77. The fourth-order valence-electron chi connectivity index (χ4n) is 0.914. The van der Waals surface area contributed by atoms with Crippen molar-refractivity contribution in [1.29, 1.82) is 0 Å². The van der Waals surface area contributed by atoms with Crippen molar-refractivity contribution in [3.63, 3.8) is 0 Å². The van der Waals surface area contributed by atoms with Gasteiger partial charge in [0.15, 0.2) is 0 Å². The Labute approximate surface area is 95.1 Å². The maximum atomic E-state index is 9.30. The summed E-state index contributed by atoms with van der Waals surface area (Å²) >= 11 is 0. The SMILES string of the molecule is [2H]C([2H])(O)[C@@]([2H])(CC)NCCN[C@]([2H])(CC)C([2H])([2H])O. The molecule has 0 aliphatic carbocycles. The van der Waals surface area contributed by atoms with Crippen molar-refractivity contribution in [3.8, 4) is 0 Å². The molecule has 0 aromatic rings. The van der Waals surface area contributed by atoms with Crippen LogP contribution in [0.4, 0.5) is 0 Å². The molecule has 0 unspecified atom stereocenters. The van der Waals surface area contributed by atoms with Crippen molar-refractivity contribution >= 4 is 0 Å². The highest BCUT2D eigenvalue weighted by Crippen LogP contribution is 1.89. The van der Waals surface area contributed by atoms with E-state index >= 15 is 0 Å². The largest absolute Gasteiger partial charge is 0.395 e. The molecule has 2 atom stereocenters. The summed E-state index contributed by atoms with van der Waals surface area (Å²) in [6.07, 6.45) is 0.0498. The fourth-order valence-corrected chi connectivity index (χ4v) is 0.914. The van der Waals surface area contributed by atoms with Gasteiger partial charge in [0.25, 0.3) is 0 Å². The molecule has 0 aromatic carbocycles. The van der Waals surface area contributed by atoms with Gasteiger partial charge in [-0.25, -0.2) is 0 Å². The summed E-state index contributed by atoms with van der Waals surface area (Å²) in [7, 11) is 0. The lowest BCUT2D eigenvalue weighted by atomic mass is 10.2. The van der Waals surface area contributed by atoms with Crippen molar-refractivity contribution in [2.45, 2.75) is 38.7 Å². The Morgan fingerprint density at radius 2 is 1.43 bits per heavy atom. The molecule has 0 aliphatic rings. The second kappa shape index (κ2) is 9.40. The van der Waals surface area contributed by atoms with Gasteiger partial charge in [-0.05, 0) is 12.8 Å². The number of hydrogen-bond donors (Lipinski definition) is 4. The molecule has 0 radical (unpaired) electrons. The van der Waals surface area contributed by atoms with Gasteiger partial charge in [-0.15, -0.1) is 0 Å². The first-order chi connectivity index (χ1) is 8.83. The molecule has 0 rings (SSSR count). The van der Waals surface area contributed by atoms with Crippen LogP contribution in [0.1, 0.15) is 34.9 Å². The van der Waals surface area contributed by atoms with Crippen LogP contribution in [0.2, 0.25) is 0 Å². The zero-order chi connectivity index (χ0) is 16.2. The average molecular weight is 210 g/mol. The molecule has 14 heavy (non-hydrogen) atoms. The molecule has 0 amide bonds. The lowest BCUT2D eigenvalue weighted by Gasteiger charge is -2.17. The van der Waals surface area contributed by atoms with E-state index in [9.17, 15) is 10.2 Å². The Kier molecular flexibility index (Phi) is 4.31. The van der Waals surface area contributed by atoms with Crippen LogP contribution in [-0.4, -0.2) is 48.5 Å². The summed E-state index contributed by atoms with van der Waals surface area (Å²) in [5.74, 6) is 0. The minimum absolute atomic E-state index is 0.0249. The van der Waals surface area contributed by atoms with Gasteiger partial charge >= 0.3 is 0 Å². The molecule has 0 aromatic heterocycles. The molecular weight excluding hydrogens is 180 g/mol. The first-order valence-corrected chi connectivity index (χ1v) is 4.78. The average Bonchev–Trinajstić information content (AvgIpc) is 2.31. The highest BCUT2D eigenvalue weighted by Gasteiger charge is 2.04. The van der Waals surface area contributed by atoms with Gasteiger partial charge in [-0.3, -0.25) is 0 Å². The van der Waals surface area contributed by atoms with Crippen LogP contribution >= 0.6 is 0 Å². The predicted octanol–water partition coefficient (Wildman–Crippen LogP) is -0.293. The van der Waals surface area contributed by atoms with E-state index < -0.39 is 25.2 Å². The minimum Gasteiger partial charge on any atom is -0.395 e. The summed E-state index contributed by atoms with van der Waals surface area (Å²) in [4.78, 5) is 0. The lowest BCUT2D eigenvalue weighted by molar-refractivity contribution is 0.229. The molecule has 4 nitrogen and oxygen atoms in total. The van der Waals surface area contributed by atoms with E-state index in [0.29, 0.717) is 0 Å². The standard InChI is InChI=1S/C10H24N2O2/c1-3-9(7-13)11-5-6-12-10(4-2)8-14/h9-14H,3-8H2,1-2H3/t9-,10-/m1/s1/i7D2,8D2,9D,10D. The lowest BCUT2D eigenvalue weighted by Crippen LogP contribution is -2.40. The van der Waals surface area contributed by atoms with E-state index in [2.05, 4.69) is 10.6 Å². The van der Waals surface area contributed by atoms with Crippen LogP contribution in [-0.2, 0) is 0 Å². The maximum Gasteiger partial charge on any atom is 0.0584 e. The minimum atomic E-state index is -2.73. The van der Waals surface area contributed by atoms with Gasteiger partial charge < -0.3 is 20.8 Å². The summed E-state index contributed by atoms with van der Waals surface area (Å²) in [5, 5.41) is 23.6. The van der Waals surface area contributed by atoms with Crippen molar-refractivity contribution < 1.29 is 18.4 Å². The highest BCUT2D eigenvalue weighted by atomic mass is 16.3. The second-order valence-electron chi connectivity index (χ2n) is 2.74. The monoisotopic (exact) mass is 210 g/mol. The topological polar surface area (TPSA) is 64.5 Å². The van der Waals surface area contributed by atoms with Crippen molar-refractivity contribution in [1.82, 2.24) is 10.6 Å². The third-order valence-electron chi connectivity index (χ3n) is 1.78. The molecule has 0 saturated heterocycles. The van der Waals surface area contributed by atoms with Gasteiger partial charge in [-0.1, -0.05) is 13.8 Å². The molecule has 0 bridgehead atoms. The van der Waals surface area contributed by atoms with Gasteiger partial charge in [0, 0.05) is 27.9 Å². The quantitative estimate of drug-likeness (QED) is 0.395. The van der Waals surface area contributed by atoms with E-state index in [0.717, 1.165) is 0 Å². The van der Waals surface area contributed by atoms with Gasteiger partial charge in [0.2, 0.25) is 0 Å². The van der Waals surface area contributed by atoms with Crippen LogP contribution in [0.5, 0.6) is 0 Å². The van der Waals surface area contributed by atoms with Gasteiger partial charge in [-0.2, -0.15) is 0 Å². The molecule has 0 spiro atoms. The van der Waals surface area contributed by atoms with Crippen LogP contribution in [0.15, 0.2) is 0 Å². The fraction of sp³-hybridized carbons (Fsp3) is 1.00. The van der Waals surface area contributed by atoms with E-state index in [1.54, 1.807) is 13.8 Å². The number of hydrogen-bond acceptors (Lipinski definition) is 4. The van der Waals surface area contributed by atoms with E-state index in [-0.39, 0.29) is 25.9 Å². The Hall–Kier alpha value is -0.160. The van der Waals surface area contributed by atoms with Crippen LogP contribution in [0.3, 0.4) is 0 Å². The van der Waals surface area contributed by atoms with Crippen molar-refractivity contribution in [3.05, 3.63) is 0 Å². The molecular formula is C10H24N2O2. The number of nitrogens with one attached hydrogen (secondary N) is 2. The summed E-state index contributed by atoms with van der Waals surface area (Å²) in [5.41, 5.74) is 0. The summed E-state index contributed by atoms with van der Waals surface area (Å²) in [6.45, 7) is -2.28. The van der Waals surface area contributed by atoms with Crippen molar-refractivity contribution in [2.24, 2.45) is 0 Å². The number of rotatable bonds is 9. The van der Waals surface area contributed by atoms with Crippen molar-refractivity contribution in [2.75, 3.05) is 26.2 Å². The molecule has 0 aliphatic heterocycles. The Morgan fingerprint density at radius 1 is 1.07 bits per heavy atom. The number of aliphatic hydroxyl groups is 2. The normalized spacial score (nSPS) is 28.3.